The summed E-state index contributed by atoms with van der Waals surface area (Å²) in [4.78, 5) is 2.39. The first-order chi connectivity index (χ1) is 10.3. The van der Waals surface area contributed by atoms with Crippen molar-refractivity contribution in [3.63, 3.8) is 0 Å². The van der Waals surface area contributed by atoms with Gasteiger partial charge in [0, 0.05) is 30.5 Å². The highest BCUT2D eigenvalue weighted by Crippen LogP contribution is 2.27. The molecule has 1 N–H and O–H groups in total. The summed E-state index contributed by atoms with van der Waals surface area (Å²) in [5.74, 6) is 0.960. The fourth-order valence-corrected chi connectivity index (χ4v) is 3.52. The third kappa shape index (κ3) is 4.66. The molecule has 0 saturated heterocycles. The van der Waals surface area contributed by atoms with E-state index in [1.54, 1.807) is 0 Å². The Morgan fingerprint density at radius 1 is 0.952 bits per heavy atom. The van der Waals surface area contributed by atoms with Crippen LogP contribution in [0.1, 0.15) is 59.3 Å². The van der Waals surface area contributed by atoms with Gasteiger partial charge in [-0.15, -0.1) is 0 Å². The van der Waals surface area contributed by atoms with Crippen LogP contribution < -0.4 is 10.2 Å². The van der Waals surface area contributed by atoms with Crippen LogP contribution in [-0.2, 0) is 0 Å². The zero-order chi connectivity index (χ0) is 15.1. The van der Waals surface area contributed by atoms with Gasteiger partial charge in [-0.05, 0) is 63.3 Å². The summed E-state index contributed by atoms with van der Waals surface area (Å²) in [6.07, 6.45) is 8.21. The van der Waals surface area contributed by atoms with Crippen molar-refractivity contribution in [1.29, 1.82) is 0 Å². The quantitative estimate of drug-likeness (QED) is 0.714. The number of nitrogens with zero attached hydrogens (tertiary/aromatic N) is 1. The maximum absolute atomic E-state index is 3.75. The second kappa shape index (κ2) is 8.31. The highest BCUT2D eigenvalue weighted by Gasteiger charge is 2.17. The Morgan fingerprint density at radius 2 is 1.67 bits per heavy atom. The first kappa shape index (κ1) is 16.2. The first-order valence-corrected chi connectivity index (χ1v) is 8.88. The van der Waals surface area contributed by atoms with Crippen LogP contribution in [0.4, 0.5) is 11.4 Å². The van der Waals surface area contributed by atoms with Crippen LogP contribution in [-0.4, -0.2) is 19.1 Å². The number of hydrogen-bond acceptors (Lipinski definition) is 2. The predicted molar refractivity (Wildman–Crippen MR) is 94.3 cm³/mol. The molecule has 2 unspecified atom stereocenters. The molecule has 2 atom stereocenters. The summed E-state index contributed by atoms with van der Waals surface area (Å²) in [5.41, 5.74) is 2.61. The van der Waals surface area contributed by atoms with E-state index in [2.05, 4.69) is 55.3 Å². The van der Waals surface area contributed by atoms with Gasteiger partial charge in [0.1, 0.15) is 0 Å². The predicted octanol–water partition coefficient (Wildman–Crippen LogP) is 5.30. The van der Waals surface area contributed by atoms with Crippen LogP contribution in [0.25, 0.3) is 0 Å². The molecule has 1 aliphatic carbocycles. The van der Waals surface area contributed by atoms with Crippen LogP contribution in [0, 0.1) is 5.92 Å². The van der Waals surface area contributed by atoms with Crippen molar-refractivity contribution in [1.82, 2.24) is 0 Å². The number of hydrogen-bond donors (Lipinski definition) is 1. The van der Waals surface area contributed by atoms with Crippen LogP contribution in [0.5, 0.6) is 0 Å². The van der Waals surface area contributed by atoms with Gasteiger partial charge in [0.15, 0.2) is 0 Å². The van der Waals surface area contributed by atoms with E-state index in [0.717, 1.165) is 19.0 Å². The second-order valence-electron chi connectivity index (χ2n) is 6.34. The molecule has 1 aliphatic rings. The third-order valence-corrected chi connectivity index (χ3v) is 5.03. The molecule has 21 heavy (non-hydrogen) atoms. The highest BCUT2D eigenvalue weighted by atomic mass is 15.1. The molecule has 0 aromatic heterocycles. The minimum atomic E-state index is 0.667. The number of nitrogens with one attached hydrogen (secondary N) is 1. The van der Waals surface area contributed by atoms with Crippen LogP contribution in [0.15, 0.2) is 24.3 Å². The molecule has 1 aromatic rings. The Balaban J connectivity index is 1.91. The molecular weight excluding hydrogens is 256 g/mol. The van der Waals surface area contributed by atoms with Gasteiger partial charge in [-0.3, -0.25) is 0 Å². The average Bonchev–Trinajstić information content (AvgIpc) is 2.75. The molecule has 2 rings (SSSR count). The molecule has 0 amide bonds. The van der Waals surface area contributed by atoms with Crippen LogP contribution in [0.3, 0.4) is 0 Å². The molecule has 0 radical (unpaired) electrons. The van der Waals surface area contributed by atoms with Crippen molar-refractivity contribution < 1.29 is 0 Å². The van der Waals surface area contributed by atoms with E-state index >= 15 is 0 Å². The number of anilines is 2. The lowest BCUT2D eigenvalue weighted by atomic mass is 9.98. The Kier molecular flexibility index (Phi) is 6.41. The monoisotopic (exact) mass is 288 g/mol. The Bertz CT molecular complexity index is 395. The Morgan fingerprint density at radius 3 is 2.29 bits per heavy atom. The SMILES string of the molecule is CCC1CCCC(Nc2ccc(N(CC)CC)cc2)CC1. The largest absolute Gasteiger partial charge is 0.382 e. The van der Waals surface area contributed by atoms with Crippen LogP contribution >= 0.6 is 0 Å². The van der Waals surface area contributed by atoms with E-state index in [1.807, 2.05) is 0 Å². The molecule has 0 bridgehead atoms. The van der Waals surface area contributed by atoms with Gasteiger partial charge < -0.3 is 10.2 Å². The first-order valence-electron chi connectivity index (χ1n) is 8.88. The molecule has 1 saturated carbocycles. The standard InChI is InChI=1S/C19H32N2/c1-4-16-8-7-9-17(11-10-16)20-18-12-14-19(15-13-18)21(5-2)6-3/h12-17,20H,4-11H2,1-3H3. The Hall–Kier alpha value is -1.18. The summed E-state index contributed by atoms with van der Waals surface area (Å²) < 4.78 is 0. The smallest absolute Gasteiger partial charge is 0.0367 e. The summed E-state index contributed by atoms with van der Waals surface area (Å²) in [7, 11) is 0. The fraction of sp³-hybridized carbons (Fsp3) is 0.684. The molecule has 0 aliphatic heterocycles. The fourth-order valence-electron chi connectivity index (χ4n) is 3.52. The van der Waals surface area contributed by atoms with E-state index in [4.69, 9.17) is 0 Å². The van der Waals surface area contributed by atoms with Gasteiger partial charge in [-0.25, -0.2) is 0 Å². The summed E-state index contributed by atoms with van der Waals surface area (Å²) >= 11 is 0. The molecule has 0 spiro atoms. The van der Waals surface area contributed by atoms with Crippen molar-refractivity contribution in [2.24, 2.45) is 5.92 Å². The molecule has 1 fully saturated rings. The van der Waals surface area contributed by atoms with E-state index in [1.165, 1.54) is 49.9 Å². The molecular formula is C19H32N2. The lowest BCUT2D eigenvalue weighted by molar-refractivity contribution is 0.444. The minimum absolute atomic E-state index is 0.667. The Labute approximate surface area is 130 Å². The third-order valence-electron chi connectivity index (χ3n) is 5.03. The topological polar surface area (TPSA) is 15.3 Å². The molecule has 2 nitrogen and oxygen atoms in total. The average molecular weight is 288 g/mol. The van der Waals surface area contributed by atoms with Gasteiger partial charge in [0.05, 0.1) is 0 Å². The molecule has 2 heteroatoms. The van der Waals surface area contributed by atoms with Gasteiger partial charge in [-0.2, -0.15) is 0 Å². The van der Waals surface area contributed by atoms with Gasteiger partial charge in [-0.1, -0.05) is 26.2 Å². The van der Waals surface area contributed by atoms with Gasteiger partial charge in [0.2, 0.25) is 0 Å². The zero-order valence-corrected chi connectivity index (χ0v) is 14.1. The number of benzene rings is 1. The molecule has 0 heterocycles. The van der Waals surface area contributed by atoms with Crippen molar-refractivity contribution >= 4 is 11.4 Å². The van der Waals surface area contributed by atoms with E-state index < -0.39 is 0 Å². The van der Waals surface area contributed by atoms with Crippen LogP contribution in [0.2, 0.25) is 0 Å². The highest BCUT2D eigenvalue weighted by molar-refractivity contribution is 5.55. The maximum Gasteiger partial charge on any atom is 0.0367 e. The van der Waals surface area contributed by atoms with Crippen molar-refractivity contribution in [2.45, 2.75) is 65.3 Å². The van der Waals surface area contributed by atoms with Crippen molar-refractivity contribution in [2.75, 3.05) is 23.3 Å². The maximum atomic E-state index is 3.75. The lowest BCUT2D eigenvalue weighted by Crippen LogP contribution is -2.22. The van der Waals surface area contributed by atoms with E-state index in [-0.39, 0.29) is 0 Å². The zero-order valence-electron chi connectivity index (χ0n) is 14.1. The van der Waals surface area contributed by atoms with E-state index in [0.29, 0.717) is 6.04 Å². The lowest BCUT2D eigenvalue weighted by Gasteiger charge is -2.22. The van der Waals surface area contributed by atoms with E-state index in [9.17, 15) is 0 Å². The minimum Gasteiger partial charge on any atom is -0.382 e. The van der Waals surface area contributed by atoms with Gasteiger partial charge in [0.25, 0.3) is 0 Å². The number of rotatable bonds is 6. The summed E-state index contributed by atoms with van der Waals surface area (Å²) in [6.45, 7) is 8.91. The molecule has 1 aromatic carbocycles. The molecule has 118 valence electrons. The summed E-state index contributed by atoms with van der Waals surface area (Å²) in [5, 5.41) is 3.75. The summed E-state index contributed by atoms with van der Waals surface area (Å²) in [6, 6.07) is 9.66. The van der Waals surface area contributed by atoms with Gasteiger partial charge >= 0.3 is 0 Å². The normalized spacial score (nSPS) is 22.6. The van der Waals surface area contributed by atoms with Crippen molar-refractivity contribution in [3.05, 3.63) is 24.3 Å². The second-order valence-corrected chi connectivity index (χ2v) is 6.34. The van der Waals surface area contributed by atoms with Crippen molar-refractivity contribution in [3.8, 4) is 0 Å².